The molecule has 1 spiro atoms. The van der Waals surface area contributed by atoms with Gasteiger partial charge in [0, 0.05) is 103 Å². The second-order valence-corrected chi connectivity index (χ2v) is 25.3. The van der Waals surface area contributed by atoms with Crippen LogP contribution < -0.4 is 9.64 Å². The van der Waals surface area contributed by atoms with Crippen molar-refractivity contribution < 1.29 is 77.4 Å². The minimum Gasteiger partial charge on any atom is -0.496 e. The number of aromatic nitrogens is 3. The molecule has 75 heavy (non-hydrogen) atoms. The number of aliphatic hydroxyl groups is 3. The third-order valence-corrected chi connectivity index (χ3v) is 21.2. The van der Waals surface area contributed by atoms with Crippen molar-refractivity contribution >= 4 is 49.7 Å². The molecule has 2 bridgehead atoms. The van der Waals surface area contributed by atoms with Crippen LogP contribution in [0, 0.1) is 11.3 Å². The zero-order valence-corrected chi connectivity index (χ0v) is 44.9. The molecule has 2 aromatic carbocycles. The fourth-order valence-corrected chi connectivity index (χ4v) is 16.5. The number of para-hydroxylation sites is 1. The van der Waals surface area contributed by atoms with Gasteiger partial charge in [-0.25, -0.2) is 9.78 Å². The molecule has 7 heterocycles. The van der Waals surface area contributed by atoms with Crippen molar-refractivity contribution in [3.8, 4) is 5.75 Å². The van der Waals surface area contributed by atoms with Gasteiger partial charge < -0.3 is 68.3 Å². The average molecular weight is 1080 g/mol. The number of aromatic amines is 1. The average Bonchev–Trinajstić information content (AvgIpc) is 4.17. The highest BCUT2D eigenvalue weighted by Crippen LogP contribution is 2.69. The molecule has 0 radical (unpaired) electrons. The number of carbonyl (C=O) groups excluding carboxylic acids is 3. The van der Waals surface area contributed by atoms with Crippen LogP contribution in [0.2, 0.25) is 0 Å². The zero-order chi connectivity index (χ0) is 54.5. The van der Waals surface area contributed by atoms with Gasteiger partial charge in [0.05, 0.1) is 45.8 Å². The number of nitrogens with zero attached hydrogens (tertiary/aromatic N) is 5. The van der Waals surface area contributed by atoms with Crippen LogP contribution >= 0.6 is 15.2 Å². The van der Waals surface area contributed by atoms with Crippen LogP contribution in [0.1, 0.15) is 75.3 Å². The summed E-state index contributed by atoms with van der Waals surface area (Å²) in [4.78, 5) is 91.9. The molecular formula is C51H68N6O16P2. The van der Waals surface area contributed by atoms with Crippen molar-refractivity contribution in [2.24, 2.45) is 11.3 Å². The summed E-state index contributed by atoms with van der Waals surface area (Å²) in [6, 6.07) is 11.0. The summed E-state index contributed by atoms with van der Waals surface area (Å²) in [5.74, 6) is -1.56. The third-order valence-electron chi connectivity index (χ3n) is 17.5. The highest BCUT2D eigenvalue weighted by atomic mass is 31.2. The maximum Gasteiger partial charge on any atom is 0.371 e. The minimum atomic E-state index is -5.41. The highest BCUT2D eigenvalue weighted by molar-refractivity contribution is 7.72. The topological polar surface area (TPSA) is 307 Å². The Morgan fingerprint density at radius 2 is 1.64 bits per heavy atom. The first-order valence-electron chi connectivity index (χ1n) is 25.1. The lowest BCUT2D eigenvalue weighted by atomic mass is 9.47. The van der Waals surface area contributed by atoms with Gasteiger partial charge in [-0.3, -0.25) is 28.5 Å². The first kappa shape index (κ1) is 54.8. The van der Waals surface area contributed by atoms with Crippen LogP contribution in [0.5, 0.6) is 5.75 Å². The second-order valence-electron chi connectivity index (χ2n) is 21.3. The van der Waals surface area contributed by atoms with Gasteiger partial charge in [0.15, 0.2) is 6.10 Å². The molecule has 5 aliphatic heterocycles. The summed E-state index contributed by atoms with van der Waals surface area (Å²) in [6.07, 6.45) is 9.45. The molecule has 3 fully saturated rings. The molecule has 24 heteroatoms. The lowest BCUT2D eigenvalue weighted by Gasteiger charge is -2.63. The van der Waals surface area contributed by atoms with E-state index in [1.165, 1.54) is 33.5 Å². The number of piperidine rings is 1. The van der Waals surface area contributed by atoms with Crippen molar-refractivity contribution in [2.45, 2.75) is 111 Å². The summed E-state index contributed by atoms with van der Waals surface area (Å²) in [5.41, 5.74) is -1.62. The van der Waals surface area contributed by atoms with Gasteiger partial charge in [-0.1, -0.05) is 44.2 Å². The highest BCUT2D eigenvalue weighted by Gasteiger charge is 2.80. The predicted octanol–water partition coefficient (Wildman–Crippen LogP) is 2.88. The molecule has 408 valence electrons. The molecule has 4 aromatic rings. The molecule has 22 nitrogen and oxygen atoms in total. The Balaban J connectivity index is 0.000000370. The number of rotatable bonds is 11. The SMILES string of the molecule is CC[C@]1(O)C[C@@H]2CN(CCc3c([nH]c4ccccc34)[C@@](C(=O)OC)(c3cc4c(cc3OC)N(C)[C@H]3[C@@](O)(C(=O)OC)[C@H](OC(C)=O)[C@]5(CC)C=CCN6CC[C@]43[C@@H]65)C2)C1.O=P(O)(O)C(O)(Cn1ccnc1)P(=O)(O)O. The van der Waals surface area contributed by atoms with Gasteiger partial charge in [-0.15, -0.1) is 0 Å². The van der Waals surface area contributed by atoms with Gasteiger partial charge in [-0.05, 0) is 74.2 Å². The van der Waals surface area contributed by atoms with Crippen molar-refractivity contribution in [2.75, 3.05) is 66.0 Å². The number of esters is 3. The lowest BCUT2D eigenvalue weighted by Crippen LogP contribution is -2.81. The number of hydrogen-bond acceptors (Lipinski definition) is 16. The van der Waals surface area contributed by atoms with E-state index in [1.54, 1.807) is 7.11 Å². The number of anilines is 1. The molecule has 10 atom stereocenters. The van der Waals surface area contributed by atoms with E-state index < -0.39 is 84.3 Å². The Morgan fingerprint density at radius 3 is 2.25 bits per heavy atom. The van der Waals surface area contributed by atoms with E-state index in [4.69, 9.17) is 38.5 Å². The van der Waals surface area contributed by atoms with E-state index in [2.05, 4.69) is 44.1 Å². The Labute approximate surface area is 433 Å². The Bertz CT molecular complexity index is 2990. The van der Waals surface area contributed by atoms with Crippen molar-refractivity contribution in [3.63, 3.8) is 0 Å². The number of H-pyrrole nitrogens is 1. The van der Waals surface area contributed by atoms with E-state index >= 15 is 4.79 Å². The molecule has 1 saturated carbocycles. The number of imidazole rings is 1. The maximum absolute atomic E-state index is 15.3. The number of methoxy groups -OCH3 is 3. The molecular weight excluding hydrogens is 1010 g/mol. The molecule has 6 aliphatic rings. The smallest absolute Gasteiger partial charge is 0.371 e. The standard InChI is InChI=1S/C46H58N4O9.C5H10N2O7P2/c1-8-42(54)23-28-24-45(40(52)57-6,36-30(15-19-49(25-28)26-42)29-13-10-11-14-33(29)47-36)32-21-31-34(22-35(32)56-5)48(4)38-44(31)17-20-50-18-12-16-43(9-2,37(44)50)39(59-27(3)51)46(38,55)41(53)58-7;8-5(15(9,10)11,16(12,13)14)3-7-2-1-6-4-7/h10-14,16,21-22,28,37-39,47,54-55H,8-9,15,17-20,23-26H2,1-7H3;1-2,4,8H,3H2,(H2,9,10,11)(H2,12,13,14)/t28-,37-,38+,39+,42-,43+,44+,45-,46-;/m0./s1. The van der Waals surface area contributed by atoms with E-state index in [0.717, 1.165) is 44.3 Å². The summed E-state index contributed by atoms with van der Waals surface area (Å²) in [5, 5.41) is 32.4. The summed E-state index contributed by atoms with van der Waals surface area (Å²) in [7, 11) is -4.66. The van der Waals surface area contributed by atoms with Gasteiger partial charge in [0.25, 0.3) is 5.08 Å². The predicted molar refractivity (Wildman–Crippen MR) is 272 cm³/mol. The van der Waals surface area contributed by atoms with Crippen LogP contribution in [0.4, 0.5) is 5.69 Å². The lowest BCUT2D eigenvalue weighted by molar-refractivity contribution is -0.228. The first-order chi connectivity index (χ1) is 35.3. The number of benzene rings is 2. The number of likely N-dealkylation sites (N-methyl/N-ethyl adjacent to an activating group) is 1. The van der Waals surface area contributed by atoms with Gasteiger partial charge in [-0.2, -0.15) is 0 Å². The van der Waals surface area contributed by atoms with E-state index in [1.807, 2.05) is 50.1 Å². The monoisotopic (exact) mass is 1080 g/mol. The van der Waals surface area contributed by atoms with Crippen molar-refractivity contribution in [3.05, 3.63) is 89.7 Å². The number of carbonyl (C=O) groups is 3. The number of nitrogens with one attached hydrogen (secondary N) is 1. The summed E-state index contributed by atoms with van der Waals surface area (Å²) < 4.78 is 46.8. The fourth-order valence-electron chi connectivity index (χ4n) is 14.5. The maximum atomic E-state index is 15.3. The molecule has 0 amide bonds. The molecule has 1 aliphatic carbocycles. The summed E-state index contributed by atoms with van der Waals surface area (Å²) in [6.45, 7) is 7.67. The quantitative estimate of drug-likeness (QED) is 0.0463. The van der Waals surface area contributed by atoms with E-state index in [0.29, 0.717) is 82.6 Å². The molecule has 10 rings (SSSR count). The van der Waals surface area contributed by atoms with Crippen molar-refractivity contribution in [1.29, 1.82) is 0 Å². The molecule has 2 aromatic heterocycles. The van der Waals surface area contributed by atoms with Gasteiger partial charge in [0.2, 0.25) is 5.60 Å². The third kappa shape index (κ3) is 8.16. The Morgan fingerprint density at radius 1 is 0.933 bits per heavy atom. The zero-order valence-electron chi connectivity index (χ0n) is 43.1. The van der Waals surface area contributed by atoms with Gasteiger partial charge in [0.1, 0.15) is 11.2 Å². The first-order valence-corrected chi connectivity index (χ1v) is 28.3. The van der Waals surface area contributed by atoms with Crippen LogP contribution in [-0.2, 0) is 61.5 Å². The van der Waals surface area contributed by atoms with Crippen LogP contribution in [0.25, 0.3) is 10.9 Å². The summed E-state index contributed by atoms with van der Waals surface area (Å²) >= 11 is 0. The molecule has 8 N–H and O–H groups in total. The molecule has 1 unspecified atom stereocenters. The van der Waals surface area contributed by atoms with E-state index in [-0.39, 0.29) is 12.0 Å². The molecule has 2 saturated heterocycles. The number of hydrogen-bond donors (Lipinski definition) is 8. The number of ether oxygens (including phenoxy) is 4. The van der Waals surface area contributed by atoms with Crippen molar-refractivity contribution in [1.82, 2.24) is 24.3 Å². The normalized spacial score (nSPS) is 32.1. The van der Waals surface area contributed by atoms with Crippen LogP contribution in [0.3, 0.4) is 0 Å². The second kappa shape index (κ2) is 19.2. The van der Waals surface area contributed by atoms with Gasteiger partial charge >= 0.3 is 33.1 Å². The van der Waals surface area contributed by atoms with Crippen LogP contribution in [-0.4, -0.2) is 173 Å². The van der Waals surface area contributed by atoms with E-state index in [9.17, 15) is 34.0 Å². The fraction of sp³-hybridized carbons (Fsp3) is 0.569. The minimum absolute atomic E-state index is 0.0986. The Kier molecular flexibility index (Phi) is 14.0. The Hall–Kier alpha value is -4.96. The number of fused-ring (bicyclic) bond motifs is 6. The van der Waals surface area contributed by atoms with Crippen LogP contribution in [0.15, 0.2) is 67.3 Å². The largest absolute Gasteiger partial charge is 0.496 e.